The number of urea groups is 1. The van der Waals surface area contributed by atoms with Crippen molar-refractivity contribution in [1.82, 2.24) is 20.4 Å². The third-order valence-electron chi connectivity index (χ3n) is 5.44. The van der Waals surface area contributed by atoms with Gasteiger partial charge < -0.3 is 20.5 Å². The Balaban J connectivity index is 0.00000210. The summed E-state index contributed by atoms with van der Waals surface area (Å²) in [4.78, 5) is 18.7. The molecule has 1 fully saturated rings. The van der Waals surface area contributed by atoms with E-state index in [-0.39, 0.29) is 18.4 Å². The van der Waals surface area contributed by atoms with Crippen molar-refractivity contribution >= 4 is 18.4 Å². The van der Waals surface area contributed by atoms with Crippen molar-refractivity contribution in [2.75, 3.05) is 13.1 Å². The minimum absolute atomic E-state index is 0. The highest BCUT2D eigenvalue weighted by Gasteiger charge is 2.35. The predicted molar refractivity (Wildman–Crippen MR) is 104 cm³/mol. The summed E-state index contributed by atoms with van der Waals surface area (Å²) in [6, 6.07) is 8.23. The summed E-state index contributed by atoms with van der Waals surface area (Å²) in [5.41, 5.74) is 8.46. The number of halogens is 1. The maximum absolute atomic E-state index is 12.4. The van der Waals surface area contributed by atoms with Crippen molar-refractivity contribution in [3.05, 3.63) is 47.1 Å². The predicted octanol–water partition coefficient (Wildman–Crippen LogP) is 2.53. The Morgan fingerprint density at radius 2 is 2.00 bits per heavy atom. The zero-order chi connectivity index (χ0) is 18.0. The van der Waals surface area contributed by atoms with E-state index in [1.807, 2.05) is 17.0 Å². The van der Waals surface area contributed by atoms with Gasteiger partial charge in [0.2, 0.25) is 5.89 Å². The molecular formula is C19H26ClN5O2. The van der Waals surface area contributed by atoms with Crippen molar-refractivity contribution in [3.63, 3.8) is 0 Å². The van der Waals surface area contributed by atoms with Crippen LogP contribution in [0.1, 0.15) is 48.5 Å². The van der Waals surface area contributed by atoms with Crippen LogP contribution in [-0.2, 0) is 24.9 Å². The van der Waals surface area contributed by atoms with Gasteiger partial charge in [-0.3, -0.25) is 0 Å². The Bertz CT molecular complexity index is 788. The number of aromatic nitrogens is 2. The van der Waals surface area contributed by atoms with Crippen molar-refractivity contribution in [3.8, 4) is 0 Å². The number of amides is 2. The van der Waals surface area contributed by atoms with E-state index in [1.54, 1.807) is 0 Å². The number of nitrogens with zero attached hydrogens (tertiary/aromatic N) is 3. The Hall–Kier alpha value is -2.12. The van der Waals surface area contributed by atoms with Gasteiger partial charge in [-0.2, -0.15) is 4.98 Å². The van der Waals surface area contributed by atoms with Crippen LogP contribution in [0.3, 0.4) is 0 Å². The molecule has 0 bridgehead atoms. The molecule has 1 aromatic carbocycles. The molecule has 1 saturated carbocycles. The van der Waals surface area contributed by atoms with E-state index in [2.05, 4.69) is 27.6 Å². The second-order valence-corrected chi connectivity index (χ2v) is 7.30. The number of fused-ring (bicyclic) bond motifs is 1. The van der Waals surface area contributed by atoms with Gasteiger partial charge in [0.1, 0.15) is 0 Å². The van der Waals surface area contributed by atoms with Crippen molar-refractivity contribution in [1.29, 1.82) is 0 Å². The maximum Gasteiger partial charge on any atom is 0.317 e. The maximum atomic E-state index is 12.4. The first-order valence-corrected chi connectivity index (χ1v) is 9.36. The SMILES string of the molecule is Cl.NC1(c2noc(CCNC(=O)N3CCc4ccccc4C3)n2)CCCC1. The quantitative estimate of drug-likeness (QED) is 0.834. The standard InChI is InChI=1S/C19H25N5O2.ClH/c20-19(9-3-4-10-19)17-22-16(26-23-17)7-11-21-18(25)24-12-8-14-5-1-2-6-15(14)13-24;/h1-2,5-6H,3-4,7-13,20H2,(H,21,25);1H. The molecule has 2 amide bonds. The fourth-order valence-corrected chi connectivity index (χ4v) is 3.85. The minimum Gasteiger partial charge on any atom is -0.339 e. The largest absolute Gasteiger partial charge is 0.339 e. The number of hydrogen-bond donors (Lipinski definition) is 2. The fraction of sp³-hybridized carbons (Fsp3) is 0.526. The van der Waals surface area contributed by atoms with Gasteiger partial charge in [-0.25, -0.2) is 4.79 Å². The first-order chi connectivity index (χ1) is 12.6. The van der Waals surface area contributed by atoms with Crippen LogP contribution in [0.4, 0.5) is 4.79 Å². The van der Waals surface area contributed by atoms with E-state index < -0.39 is 5.54 Å². The summed E-state index contributed by atoms with van der Waals surface area (Å²) < 4.78 is 5.31. The lowest BCUT2D eigenvalue weighted by Gasteiger charge is -2.28. The molecule has 0 unspecified atom stereocenters. The topological polar surface area (TPSA) is 97.3 Å². The molecule has 8 heteroatoms. The van der Waals surface area contributed by atoms with E-state index in [0.29, 0.717) is 31.2 Å². The van der Waals surface area contributed by atoms with Crippen LogP contribution >= 0.6 is 12.4 Å². The monoisotopic (exact) mass is 391 g/mol. The van der Waals surface area contributed by atoms with Gasteiger partial charge in [-0.1, -0.05) is 42.3 Å². The molecule has 2 aliphatic rings. The molecule has 1 aliphatic heterocycles. The second-order valence-electron chi connectivity index (χ2n) is 7.30. The minimum atomic E-state index is -0.438. The Labute approximate surface area is 165 Å². The summed E-state index contributed by atoms with van der Waals surface area (Å²) in [7, 11) is 0. The molecule has 1 aliphatic carbocycles. The van der Waals surface area contributed by atoms with E-state index in [9.17, 15) is 4.79 Å². The molecule has 3 N–H and O–H groups in total. The Morgan fingerprint density at radius 1 is 1.26 bits per heavy atom. The molecular weight excluding hydrogens is 366 g/mol. The lowest BCUT2D eigenvalue weighted by Crippen LogP contribution is -2.43. The molecule has 2 aromatic rings. The summed E-state index contributed by atoms with van der Waals surface area (Å²) in [5, 5.41) is 7.00. The molecule has 146 valence electrons. The summed E-state index contributed by atoms with van der Waals surface area (Å²) in [5.74, 6) is 1.13. The molecule has 4 rings (SSSR count). The average Bonchev–Trinajstić information content (AvgIpc) is 3.31. The van der Waals surface area contributed by atoms with Crippen LogP contribution in [0.2, 0.25) is 0 Å². The number of nitrogens with one attached hydrogen (secondary N) is 1. The summed E-state index contributed by atoms with van der Waals surface area (Å²) in [6.07, 6.45) is 5.43. The third kappa shape index (κ3) is 4.25. The van der Waals surface area contributed by atoms with Gasteiger partial charge in [0.25, 0.3) is 0 Å². The van der Waals surface area contributed by atoms with Crippen LogP contribution in [-0.4, -0.2) is 34.2 Å². The third-order valence-corrected chi connectivity index (χ3v) is 5.44. The highest BCUT2D eigenvalue weighted by atomic mass is 35.5. The zero-order valence-electron chi connectivity index (χ0n) is 15.3. The van der Waals surface area contributed by atoms with Crippen LogP contribution in [0.15, 0.2) is 28.8 Å². The number of carbonyl (C=O) groups excluding carboxylic acids is 1. The van der Waals surface area contributed by atoms with Crippen molar-refractivity contribution < 1.29 is 9.32 Å². The molecule has 0 atom stereocenters. The lowest BCUT2D eigenvalue weighted by molar-refractivity contribution is 0.192. The first-order valence-electron chi connectivity index (χ1n) is 9.36. The van der Waals surface area contributed by atoms with Crippen LogP contribution in [0.5, 0.6) is 0 Å². The van der Waals surface area contributed by atoms with Gasteiger partial charge >= 0.3 is 6.03 Å². The number of benzene rings is 1. The average molecular weight is 392 g/mol. The Kier molecular flexibility index (Phi) is 6.01. The van der Waals surface area contributed by atoms with E-state index in [1.165, 1.54) is 11.1 Å². The van der Waals surface area contributed by atoms with Crippen LogP contribution < -0.4 is 11.1 Å². The second kappa shape index (κ2) is 8.27. The number of hydrogen-bond acceptors (Lipinski definition) is 5. The van der Waals surface area contributed by atoms with Crippen LogP contribution in [0, 0.1) is 0 Å². The molecule has 7 nitrogen and oxygen atoms in total. The smallest absolute Gasteiger partial charge is 0.317 e. The van der Waals surface area contributed by atoms with E-state index >= 15 is 0 Å². The summed E-state index contributed by atoms with van der Waals surface area (Å²) in [6.45, 7) is 1.86. The zero-order valence-corrected chi connectivity index (χ0v) is 16.1. The number of nitrogens with two attached hydrogens (primary N) is 1. The first kappa shape index (κ1) is 19.6. The highest BCUT2D eigenvalue weighted by molar-refractivity contribution is 5.85. The highest BCUT2D eigenvalue weighted by Crippen LogP contribution is 2.34. The van der Waals surface area contributed by atoms with Crippen molar-refractivity contribution in [2.45, 2.75) is 50.6 Å². The molecule has 0 saturated heterocycles. The Morgan fingerprint density at radius 3 is 2.78 bits per heavy atom. The summed E-state index contributed by atoms with van der Waals surface area (Å²) >= 11 is 0. The molecule has 2 heterocycles. The van der Waals surface area contributed by atoms with Gasteiger partial charge in [-0.05, 0) is 30.4 Å². The number of rotatable bonds is 4. The molecule has 0 spiro atoms. The molecule has 1 aromatic heterocycles. The van der Waals surface area contributed by atoms with Gasteiger partial charge in [0.05, 0.1) is 5.54 Å². The van der Waals surface area contributed by atoms with Gasteiger partial charge in [0, 0.05) is 26.1 Å². The normalized spacial score (nSPS) is 17.9. The molecule has 27 heavy (non-hydrogen) atoms. The molecule has 0 radical (unpaired) electrons. The number of carbonyl (C=O) groups is 1. The van der Waals surface area contributed by atoms with Crippen molar-refractivity contribution in [2.24, 2.45) is 5.73 Å². The lowest BCUT2D eigenvalue weighted by atomic mass is 9.99. The van der Waals surface area contributed by atoms with E-state index in [4.69, 9.17) is 10.3 Å². The van der Waals surface area contributed by atoms with Crippen LogP contribution in [0.25, 0.3) is 0 Å². The fourth-order valence-electron chi connectivity index (χ4n) is 3.85. The van der Waals surface area contributed by atoms with Gasteiger partial charge in [-0.15, -0.1) is 12.4 Å². The van der Waals surface area contributed by atoms with Gasteiger partial charge in [0.15, 0.2) is 5.82 Å². The van der Waals surface area contributed by atoms with E-state index in [0.717, 1.165) is 38.6 Å².